The molecule has 0 radical (unpaired) electrons. The van der Waals surface area contributed by atoms with E-state index in [4.69, 9.17) is 9.16 Å². The van der Waals surface area contributed by atoms with E-state index in [9.17, 15) is 4.79 Å². The number of nitrogens with one attached hydrogen (secondary N) is 1. The summed E-state index contributed by atoms with van der Waals surface area (Å²) in [4.78, 5) is 23.3. The Labute approximate surface area is 211 Å². The van der Waals surface area contributed by atoms with Crippen LogP contribution in [0.5, 0.6) is 0 Å². The lowest BCUT2D eigenvalue weighted by atomic mass is 10.2. The second-order valence-electron chi connectivity index (χ2n) is 9.99. The van der Waals surface area contributed by atoms with E-state index < -0.39 is 20.3 Å². The van der Waals surface area contributed by atoms with Crippen LogP contribution in [0.25, 0.3) is 11.2 Å². The lowest BCUT2D eigenvalue weighted by molar-refractivity contribution is -0.173. The Morgan fingerprint density at radius 1 is 1.11 bits per heavy atom. The molecule has 0 amide bonds. The second-order valence-corrected chi connectivity index (χ2v) is 14.2. The number of nitrogens with zero attached hydrogens (tertiary/aromatic N) is 3. The number of aromatic nitrogens is 4. The fourth-order valence-electron chi connectivity index (χ4n) is 5.04. The Balaban J connectivity index is 1.63. The molecule has 5 rings (SSSR count). The number of fused-ring (bicyclic) bond motifs is 1. The molecule has 3 heterocycles. The first-order chi connectivity index (χ1) is 17.3. The van der Waals surface area contributed by atoms with Crippen molar-refractivity contribution in [2.75, 3.05) is 0 Å². The monoisotopic (exact) mass is 498 g/mol. The Kier molecular flexibility index (Phi) is 6.11. The minimum absolute atomic E-state index is 0.226. The lowest BCUT2D eigenvalue weighted by Gasteiger charge is -2.47. The normalized spacial score (nSPS) is 20.1. The molecule has 8 heteroatoms. The molecule has 2 aromatic heterocycles. The zero-order valence-corrected chi connectivity index (χ0v) is 21.7. The van der Waals surface area contributed by atoms with Gasteiger partial charge in [0.05, 0.1) is 12.7 Å². The van der Waals surface area contributed by atoms with Crippen LogP contribution in [0.15, 0.2) is 103 Å². The highest BCUT2D eigenvalue weighted by Crippen LogP contribution is 2.44. The summed E-state index contributed by atoms with van der Waals surface area (Å²) in [5.41, 5.74) is 0.429. The summed E-state index contributed by atoms with van der Waals surface area (Å²) < 4.78 is 15.8. The van der Waals surface area contributed by atoms with E-state index in [1.807, 2.05) is 30.4 Å². The third-order valence-corrected chi connectivity index (χ3v) is 11.7. The smallest absolute Gasteiger partial charge is 0.278 e. The van der Waals surface area contributed by atoms with Gasteiger partial charge in [0.1, 0.15) is 0 Å². The van der Waals surface area contributed by atoms with Gasteiger partial charge in [-0.3, -0.25) is 9.36 Å². The maximum atomic E-state index is 12.2. The summed E-state index contributed by atoms with van der Waals surface area (Å²) in [6, 6.07) is 20.9. The van der Waals surface area contributed by atoms with Crippen molar-refractivity contribution in [1.82, 2.24) is 19.5 Å². The van der Waals surface area contributed by atoms with E-state index >= 15 is 0 Å². The van der Waals surface area contributed by atoms with Crippen molar-refractivity contribution in [2.24, 2.45) is 0 Å². The van der Waals surface area contributed by atoms with Gasteiger partial charge in [0.15, 0.2) is 23.2 Å². The van der Waals surface area contributed by atoms with Gasteiger partial charge in [-0.05, 0) is 27.6 Å². The van der Waals surface area contributed by atoms with Crippen LogP contribution in [0, 0.1) is 0 Å². The van der Waals surface area contributed by atoms with Gasteiger partial charge < -0.3 is 14.1 Å². The van der Waals surface area contributed by atoms with E-state index in [0.29, 0.717) is 12.1 Å². The number of ether oxygens (including phenoxy) is 1. The van der Waals surface area contributed by atoms with Crippen molar-refractivity contribution in [3.05, 3.63) is 108 Å². The van der Waals surface area contributed by atoms with Crippen molar-refractivity contribution in [1.29, 1.82) is 0 Å². The maximum absolute atomic E-state index is 12.2. The molecule has 0 spiro atoms. The largest absolute Gasteiger partial charge is 0.377 e. The summed E-state index contributed by atoms with van der Waals surface area (Å²) in [7, 11) is -2.92. The Bertz CT molecular complexity index is 1420. The summed E-state index contributed by atoms with van der Waals surface area (Å²) in [5.74, 6) is -1.06. The zero-order valence-electron chi connectivity index (χ0n) is 20.7. The van der Waals surface area contributed by atoms with E-state index in [0.717, 1.165) is 10.4 Å². The van der Waals surface area contributed by atoms with Crippen LogP contribution in [-0.4, -0.2) is 33.6 Å². The minimum atomic E-state index is -2.92. The van der Waals surface area contributed by atoms with Gasteiger partial charge in [0, 0.05) is 6.42 Å². The quantitative estimate of drug-likeness (QED) is 0.307. The molecule has 0 unspecified atom stereocenters. The van der Waals surface area contributed by atoms with E-state index in [1.165, 1.54) is 6.33 Å². The van der Waals surface area contributed by atoms with Crippen LogP contribution in [0.1, 0.15) is 33.4 Å². The van der Waals surface area contributed by atoms with E-state index in [1.54, 1.807) is 10.9 Å². The predicted molar refractivity (Wildman–Crippen MR) is 144 cm³/mol. The van der Waals surface area contributed by atoms with Gasteiger partial charge in [-0.2, -0.15) is 0 Å². The average molecular weight is 499 g/mol. The number of hydrogen-bond donors (Lipinski definition) is 1. The Hall–Kier alpha value is -3.59. The fourth-order valence-corrected chi connectivity index (χ4v) is 9.69. The van der Waals surface area contributed by atoms with Gasteiger partial charge in [0.2, 0.25) is 0 Å². The molecule has 1 aliphatic rings. The van der Waals surface area contributed by atoms with Crippen molar-refractivity contribution >= 4 is 29.9 Å². The van der Waals surface area contributed by atoms with Gasteiger partial charge in [-0.25, -0.2) is 9.97 Å². The lowest BCUT2D eigenvalue weighted by Crippen LogP contribution is -2.69. The van der Waals surface area contributed by atoms with Crippen molar-refractivity contribution in [3.63, 3.8) is 0 Å². The van der Waals surface area contributed by atoms with Gasteiger partial charge >= 0.3 is 0 Å². The predicted octanol–water partition coefficient (Wildman–Crippen LogP) is 4.05. The van der Waals surface area contributed by atoms with Gasteiger partial charge in [0.25, 0.3) is 13.9 Å². The summed E-state index contributed by atoms with van der Waals surface area (Å²) in [6.45, 7) is 10.7. The van der Waals surface area contributed by atoms with Crippen LogP contribution in [0.2, 0.25) is 5.04 Å². The molecule has 0 saturated carbocycles. The van der Waals surface area contributed by atoms with E-state index in [2.05, 4.69) is 90.8 Å². The summed E-state index contributed by atoms with van der Waals surface area (Å²) in [6.07, 6.45) is 8.59. The highest BCUT2D eigenvalue weighted by Gasteiger charge is 2.55. The molecule has 1 N–H and O–H groups in total. The molecule has 2 aromatic carbocycles. The molecule has 0 bridgehead atoms. The highest BCUT2D eigenvalue weighted by atomic mass is 28.4. The van der Waals surface area contributed by atoms with Crippen LogP contribution in [0.4, 0.5) is 0 Å². The number of hydrogen-bond acceptors (Lipinski definition) is 5. The number of rotatable bonds is 7. The van der Waals surface area contributed by atoms with Crippen LogP contribution in [0.3, 0.4) is 0 Å². The first-order valence-electron chi connectivity index (χ1n) is 12.0. The molecule has 4 aromatic rings. The molecule has 7 nitrogen and oxygen atoms in total. The number of H-pyrrole nitrogens is 1. The first-order valence-corrected chi connectivity index (χ1v) is 13.9. The third kappa shape index (κ3) is 3.97. The average Bonchev–Trinajstić information content (AvgIpc) is 3.49. The Morgan fingerprint density at radius 2 is 1.75 bits per heavy atom. The standard InChI is InChI=1S/C28H30N4O3Si/c1-5-17-28(18-16-23(34-28)32-20-31-24-25(32)29-19-30-26(24)33)35-36(27(2,3)4,21-12-8-6-9-13-21)22-14-10-7-11-15-22/h5-16,18-20,23H,1,17H2,2-4H3,(H,29,30,33)/t23-,28+/m1/s1. The maximum Gasteiger partial charge on any atom is 0.278 e. The zero-order chi connectivity index (χ0) is 25.4. The van der Waals surface area contributed by atoms with Gasteiger partial charge in [-0.15, -0.1) is 6.58 Å². The third-order valence-electron chi connectivity index (χ3n) is 6.65. The van der Waals surface area contributed by atoms with E-state index in [-0.39, 0.29) is 16.1 Å². The topological polar surface area (TPSA) is 82.0 Å². The molecule has 0 aliphatic carbocycles. The molecule has 36 heavy (non-hydrogen) atoms. The van der Waals surface area contributed by atoms with Crippen molar-refractivity contribution < 1.29 is 9.16 Å². The second kappa shape index (κ2) is 9.13. The molecule has 0 fully saturated rings. The SMILES string of the molecule is C=CC[C@]1(O[Si](c2ccccc2)(c2ccccc2)C(C)(C)C)C=C[C@H](n2cnc3c(=O)[nH]cnc32)O1. The van der Waals surface area contributed by atoms with Crippen LogP contribution < -0.4 is 15.9 Å². The Morgan fingerprint density at radius 3 is 2.33 bits per heavy atom. The first kappa shape index (κ1) is 24.1. The molecule has 1 aliphatic heterocycles. The van der Waals surface area contributed by atoms with Crippen LogP contribution in [-0.2, 0) is 9.16 Å². The van der Waals surface area contributed by atoms with Crippen molar-refractivity contribution in [3.8, 4) is 0 Å². The highest BCUT2D eigenvalue weighted by molar-refractivity contribution is 6.99. The summed E-state index contributed by atoms with van der Waals surface area (Å²) >= 11 is 0. The van der Waals surface area contributed by atoms with Gasteiger partial charge in [-0.1, -0.05) is 87.5 Å². The number of imidazole rings is 1. The van der Waals surface area contributed by atoms with Crippen molar-refractivity contribution in [2.45, 2.75) is 44.2 Å². The molecule has 2 atom stereocenters. The molecule has 0 saturated heterocycles. The molecule has 184 valence electrons. The summed E-state index contributed by atoms with van der Waals surface area (Å²) in [5, 5.41) is 2.10. The molecular weight excluding hydrogens is 468 g/mol. The number of benzene rings is 2. The fraction of sp³-hybridized carbons (Fsp3) is 0.250. The minimum Gasteiger partial charge on any atom is -0.377 e. The number of aromatic amines is 1. The van der Waals surface area contributed by atoms with Crippen LogP contribution >= 0.6 is 0 Å². The molecular formula is C28H30N4O3Si.